The first-order valence-corrected chi connectivity index (χ1v) is 6.54. The maximum atomic E-state index is 12.6. The second-order valence-electron chi connectivity index (χ2n) is 4.55. The van der Waals surface area contributed by atoms with Crippen molar-refractivity contribution in [3.05, 3.63) is 29.8 Å². The average Bonchev–Trinajstić information content (AvgIpc) is 2.39. The second-order valence-corrected chi connectivity index (χ2v) is 4.55. The Bertz CT molecular complexity index is 448. The molecule has 7 heteroatoms. The Morgan fingerprint density at radius 3 is 2.20 bits per heavy atom. The molecule has 0 aliphatic rings. The molecule has 0 fully saturated rings. The summed E-state index contributed by atoms with van der Waals surface area (Å²) in [6.45, 7) is 6.31. The van der Waals surface area contributed by atoms with Gasteiger partial charge in [0.25, 0.3) is 0 Å². The van der Waals surface area contributed by atoms with Crippen LogP contribution in [0.2, 0.25) is 0 Å². The van der Waals surface area contributed by atoms with Crippen molar-refractivity contribution in [1.82, 2.24) is 4.90 Å². The summed E-state index contributed by atoms with van der Waals surface area (Å²) >= 11 is 0. The molecule has 110 valence electrons. The van der Waals surface area contributed by atoms with Crippen LogP contribution in [0.4, 0.5) is 5.69 Å². The molecule has 1 atom stereocenters. The van der Waals surface area contributed by atoms with Crippen molar-refractivity contribution in [2.75, 3.05) is 18.8 Å². The van der Waals surface area contributed by atoms with Gasteiger partial charge in [-0.2, -0.15) is 0 Å². The smallest absolute Gasteiger partial charge is 0.402 e. The number of likely N-dealkylation sites (N-methyl/N-ethyl adjacent to an activating group) is 1. The maximum Gasteiger partial charge on any atom is 0.635 e. The number of nitrogen functional groups attached to an aromatic ring is 1. The molecule has 0 saturated heterocycles. The monoisotopic (exact) mass is 280 g/mol. The molecule has 0 aliphatic heterocycles. The molecule has 0 bridgehead atoms. The summed E-state index contributed by atoms with van der Waals surface area (Å²) in [5.41, 5.74) is 5.09. The van der Waals surface area contributed by atoms with Crippen LogP contribution in [0.25, 0.3) is 0 Å². The van der Waals surface area contributed by atoms with Crippen LogP contribution in [0.15, 0.2) is 24.3 Å². The van der Waals surface area contributed by atoms with Gasteiger partial charge in [-0.05, 0) is 44.3 Å². The average molecular weight is 280 g/mol. The lowest BCUT2D eigenvalue weighted by molar-refractivity contribution is -0.0642. The van der Waals surface area contributed by atoms with Gasteiger partial charge < -0.3 is 20.4 Å². The highest BCUT2D eigenvalue weighted by molar-refractivity contribution is 6.33. The summed E-state index contributed by atoms with van der Waals surface area (Å²) in [5.74, 6) is -0.352. The van der Waals surface area contributed by atoms with Crippen molar-refractivity contribution in [3.63, 3.8) is 0 Å². The molecule has 1 rings (SSSR count). The Kier molecular flexibility index (Phi) is 5.70. The normalized spacial score (nSPS) is 14.1. The van der Waals surface area contributed by atoms with Gasteiger partial charge in [0.05, 0.1) is 0 Å². The van der Waals surface area contributed by atoms with E-state index in [9.17, 15) is 4.79 Å². The van der Waals surface area contributed by atoms with E-state index in [4.69, 9.17) is 20.4 Å². The van der Waals surface area contributed by atoms with Gasteiger partial charge in [0.1, 0.15) is 0 Å². The Labute approximate surface area is 119 Å². The number of carbonyl (C=O) groups is 1. The topological polar surface area (TPSA) is 96.0 Å². The van der Waals surface area contributed by atoms with E-state index in [1.807, 2.05) is 13.8 Å². The van der Waals surface area contributed by atoms with Crippen molar-refractivity contribution >= 4 is 18.8 Å². The van der Waals surface area contributed by atoms with E-state index in [0.717, 1.165) is 0 Å². The molecule has 0 heterocycles. The third-order valence-corrected chi connectivity index (χ3v) is 3.30. The Hall–Kier alpha value is -1.41. The first-order valence-electron chi connectivity index (χ1n) is 6.54. The molecule has 4 N–H and O–H groups in total. The third kappa shape index (κ3) is 3.58. The van der Waals surface area contributed by atoms with E-state index >= 15 is 0 Å². The number of anilines is 1. The number of rotatable bonds is 7. The minimum atomic E-state index is -2.03. The van der Waals surface area contributed by atoms with E-state index in [0.29, 0.717) is 24.3 Å². The van der Waals surface area contributed by atoms with E-state index in [2.05, 4.69) is 0 Å². The quantitative estimate of drug-likeness (QED) is 0.291. The van der Waals surface area contributed by atoms with Crippen LogP contribution in [-0.4, -0.2) is 46.9 Å². The summed E-state index contributed by atoms with van der Waals surface area (Å²) in [5, 5.41) is 18.2. The molecule has 1 aromatic rings. The standard InChI is InChI=1S/C13H21BN2O4/c1-4-16(5-2)13(3,20-14(18)19)12(17)10-6-8-11(15)9-7-10/h6-9,18-19H,4-5,15H2,1-3H3. The number of hydrogen-bond acceptors (Lipinski definition) is 6. The van der Waals surface area contributed by atoms with Crippen LogP contribution in [0.5, 0.6) is 0 Å². The molecule has 20 heavy (non-hydrogen) atoms. The highest BCUT2D eigenvalue weighted by Crippen LogP contribution is 2.23. The van der Waals surface area contributed by atoms with E-state index < -0.39 is 13.0 Å². The molecule has 0 saturated carbocycles. The van der Waals surface area contributed by atoms with Crippen molar-refractivity contribution in [3.8, 4) is 0 Å². The second kappa shape index (κ2) is 6.85. The maximum absolute atomic E-state index is 12.6. The van der Waals surface area contributed by atoms with Gasteiger partial charge in [0, 0.05) is 11.3 Å². The summed E-state index contributed by atoms with van der Waals surface area (Å²) in [6.07, 6.45) is 0. The highest BCUT2D eigenvalue weighted by Gasteiger charge is 2.42. The zero-order valence-corrected chi connectivity index (χ0v) is 12.0. The largest absolute Gasteiger partial charge is 0.635 e. The van der Waals surface area contributed by atoms with Gasteiger partial charge >= 0.3 is 7.32 Å². The molecule has 0 amide bonds. The van der Waals surface area contributed by atoms with Crippen molar-refractivity contribution in [2.24, 2.45) is 0 Å². The molecule has 0 spiro atoms. The van der Waals surface area contributed by atoms with Crippen LogP contribution in [0.1, 0.15) is 31.1 Å². The number of ketones is 1. The number of nitrogens with two attached hydrogens (primary N) is 1. The zero-order chi connectivity index (χ0) is 15.3. The number of nitrogens with zero attached hydrogens (tertiary/aromatic N) is 1. The summed E-state index contributed by atoms with van der Waals surface area (Å²) in [6, 6.07) is 6.41. The molecule has 1 unspecified atom stereocenters. The predicted molar refractivity (Wildman–Crippen MR) is 77.8 cm³/mol. The first-order chi connectivity index (χ1) is 9.35. The number of hydrogen-bond donors (Lipinski definition) is 3. The van der Waals surface area contributed by atoms with Gasteiger partial charge in [-0.25, -0.2) is 0 Å². The number of benzene rings is 1. The van der Waals surface area contributed by atoms with Crippen LogP contribution >= 0.6 is 0 Å². The lowest BCUT2D eigenvalue weighted by Crippen LogP contribution is -2.56. The Balaban J connectivity index is 3.15. The van der Waals surface area contributed by atoms with Crippen molar-refractivity contribution < 1.29 is 19.5 Å². The van der Waals surface area contributed by atoms with Crippen molar-refractivity contribution in [1.29, 1.82) is 0 Å². The predicted octanol–water partition coefficient (Wildman–Crippen LogP) is 0.496. The van der Waals surface area contributed by atoms with Crippen LogP contribution in [0, 0.1) is 0 Å². The number of carbonyl (C=O) groups excluding carboxylic acids is 1. The molecular weight excluding hydrogens is 259 g/mol. The first kappa shape index (κ1) is 16.6. The van der Waals surface area contributed by atoms with Crippen molar-refractivity contribution in [2.45, 2.75) is 26.5 Å². The Morgan fingerprint density at radius 1 is 1.30 bits per heavy atom. The van der Waals surface area contributed by atoms with Crippen LogP contribution in [-0.2, 0) is 4.65 Å². The summed E-state index contributed by atoms with van der Waals surface area (Å²) < 4.78 is 5.08. The zero-order valence-electron chi connectivity index (χ0n) is 12.0. The van der Waals surface area contributed by atoms with E-state index in [1.54, 1.807) is 29.2 Å². The molecule has 1 aromatic carbocycles. The molecule has 0 radical (unpaired) electrons. The fourth-order valence-corrected chi connectivity index (χ4v) is 2.21. The summed E-state index contributed by atoms with van der Waals surface area (Å²) in [7, 11) is -2.03. The minimum absolute atomic E-state index is 0.352. The Morgan fingerprint density at radius 2 is 1.80 bits per heavy atom. The van der Waals surface area contributed by atoms with Gasteiger partial charge in [0.15, 0.2) is 5.72 Å². The third-order valence-electron chi connectivity index (χ3n) is 3.30. The number of Topliss-reactive ketones (excluding diaryl/α,β-unsaturated/α-hetero) is 1. The molecular formula is C13H21BN2O4. The van der Waals surface area contributed by atoms with Gasteiger partial charge in [-0.1, -0.05) is 13.8 Å². The molecule has 0 aliphatic carbocycles. The fraction of sp³-hybridized carbons (Fsp3) is 0.462. The van der Waals surface area contributed by atoms with Gasteiger partial charge in [0.2, 0.25) is 5.78 Å². The lowest BCUT2D eigenvalue weighted by Gasteiger charge is -2.38. The van der Waals surface area contributed by atoms with Crippen LogP contribution in [0.3, 0.4) is 0 Å². The van der Waals surface area contributed by atoms with E-state index in [-0.39, 0.29) is 5.78 Å². The summed E-state index contributed by atoms with van der Waals surface area (Å²) in [4.78, 5) is 14.4. The molecule has 0 aromatic heterocycles. The van der Waals surface area contributed by atoms with Gasteiger partial charge in [-0.15, -0.1) is 0 Å². The minimum Gasteiger partial charge on any atom is -0.402 e. The van der Waals surface area contributed by atoms with Gasteiger partial charge in [-0.3, -0.25) is 9.69 Å². The van der Waals surface area contributed by atoms with Crippen LogP contribution < -0.4 is 5.73 Å². The SMILES string of the molecule is CCN(CC)C(C)(OB(O)O)C(=O)c1ccc(N)cc1. The molecule has 6 nitrogen and oxygen atoms in total. The highest BCUT2D eigenvalue weighted by atomic mass is 16.6. The fourth-order valence-electron chi connectivity index (χ4n) is 2.21. The van der Waals surface area contributed by atoms with E-state index in [1.165, 1.54) is 6.92 Å². The lowest BCUT2D eigenvalue weighted by atomic mass is 9.98.